The second kappa shape index (κ2) is 6.92. The Balaban J connectivity index is 1.89. The lowest BCUT2D eigenvalue weighted by Gasteiger charge is -2.36. The summed E-state index contributed by atoms with van der Waals surface area (Å²) in [6, 6.07) is 12.7. The minimum atomic E-state index is -4.37. The van der Waals surface area contributed by atoms with Crippen LogP contribution in [0.15, 0.2) is 48.5 Å². The lowest BCUT2D eigenvalue weighted by atomic mass is 9.92. The molecule has 0 saturated carbocycles. The van der Waals surface area contributed by atoms with Crippen molar-refractivity contribution in [1.29, 1.82) is 0 Å². The fourth-order valence-corrected chi connectivity index (χ4v) is 3.70. The standard InChI is InChI=1S/C18H19F3N2O2S/c1-26(24,25)22-11-13-10-14-4-2-3-5-17(14)23(12-13)16-8-6-15(7-9-16)18(19,20)21/h2-9,13,22H,10-12H2,1H3. The third-order valence-corrected chi connectivity index (χ3v) is 5.06. The maximum absolute atomic E-state index is 12.8. The summed E-state index contributed by atoms with van der Waals surface area (Å²) in [6.07, 6.45) is -2.56. The smallest absolute Gasteiger partial charge is 0.341 e. The molecule has 0 saturated heterocycles. The van der Waals surface area contributed by atoms with Crippen molar-refractivity contribution in [2.24, 2.45) is 5.92 Å². The van der Waals surface area contributed by atoms with Gasteiger partial charge in [-0.25, -0.2) is 13.1 Å². The third-order valence-electron chi connectivity index (χ3n) is 4.37. The molecule has 26 heavy (non-hydrogen) atoms. The monoisotopic (exact) mass is 384 g/mol. The number of fused-ring (bicyclic) bond motifs is 1. The highest BCUT2D eigenvalue weighted by molar-refractivity contribution is 7.88. The molecule has 1 N–H and O–H groups in total. The summed E-state index contributed by atoms with van der Waals surface area (Å²) in [5.74, 6) is 0.0157. The largest absolute Gasteiger partial charge is 0.416 e. The molecule has 4 nitrogen and oxygen atoms in total. The molecule has 2 aromatic rings. The molecule has 8 heteroatoms. The van der Waals surface area contributed by atoms with Gasteiger partial charge in [-0.15, -0.1) is 0 Å². The molecule has 0 fully saturated rings. The number of para-hydroxylation sites is 1. The molecule has 2 aromatic carbocycles. The van der Waals surface area contributed by atoms with Gasteiger partial charge in [0.05, 0.1) is 11.8 Å². The lowest BCUT2D eigenvalue weighted by Crippen LogP contribution is -2.39. The van der Waals surface area contributed by atoms with E-state index in [-0.39, 0.29) is 12.5 Å². The van der Waals surface area contributed by atoms with Crippen LogP contribution >= 0.6 is 0 Å². The van der Waals surface area contributed by atoms with Gasteiger partial charge in [0.2, 0.25) is 10.0 Å². The van der Waals surface area contributed by atoms with Crippen LogP contribution in [-0.2, 0) is 22.6 Å². The summed E-state index contributed by atoms with van der Waals surface area (Å²) in [4.78, 5) is 1.94. The molecule has 3 rings (SSSR count). The number of benzene rings is 2. The van der Waals surface area contributed by atoms with E-state index in [9.17, 15) is 21.6 Å². The van der Waals surface area contributed by atoms with Crippen molar-refractivity contribution in [1.82, 2.24) is 4.72 Å². The Labute approximate surface area is 150 Å². The normalized spacial score (nSPS) is 17.8. The third kappa shape index (κ3) is 4.37. The van der Waals surface area contributed by atoms with Crippen molar-refractivity contribution in [3.63, 3.8) is 0 Å². The van der Waals surface area contributed by atoms with Crippen LogP contribution in [0.1, 0.15) is 11.1 Å². The molecular weight excluding hydrogens is 365 g/mol. The summed E-state index contributed by atoms with van der Waals surface area (Å²) in [5, 5.41) is 0. The highest BCUT2D eigenvalue weighted by Gasteiger charge is 2.31. The minimum Gasteiger partial charge on any atom is -0.341 e. The second-order valence-electron chi connectivity index (χ2n) is 6.47. The summed E-state index contributed by atoms with van der Waals surface area (Å²) in [7, 11) is -3.30. The van der Waals surface area contributed by atoms with E-state index >= 15 is 0 Å². The maximum atomic E-state index is 12.8. The molecule has 140 valence electrons. The molecule has 0 bridgehead atoms. The predicted molar refractivity (Wildman–Crippen MR) is 94.9 cm³/mol. The first-order valence-corrected chi connectivity index (χ1v) is 10.00. The van der Waals surface area contributed by atoms with Crippen LogP contribution in [0.2, 0.25) is 0 Å². The maximum Gasteiger partial charge on any atom is 0.416 e. The molecule has 1 aliphatic heterocycles. The van der Waals surface area contributed by atoms with Crippen molar-refractivity contribution in [2.75, 3.05) is 24.2 Å². The molecule has 0 amide bonds. The average molecular weight is 384 g/mol. The summed E-state index contributed by atoms with van der Waals surface area (Å²) in [5.41, 5.74) is 1.93. The number of hydrogen-bond donors (Lipinski definition) is 1. The van der Waals surface area contributed by atoms with Crippen LogP contribution in [0.4, 0.5) is 24.5 Å². The molecule has 0 aromatic heterocycles. The Bertz CT molecular complexity index is 880. The Morgan fingerprint density at radius 2 is 1.77 bits per heavy atom. The highest BCUT2D eigenvalue weighted by Crippen LogP contribution is 2.37. The highest BCUT2D eigenvalue weighted by atomic mass is 32.2. The van der Waals surface area contributed by atoms with Gasteiger partial charge in [-0.3, -0.25) is 0 Å². The topological polar surface area (TPSA) is 49.4 Å². The van der Waals surface area contributed by atoms with Crippen LogP contribution in [-0.4, -0.2) is 27.8 Å². The van der Waals surface area contributed by atoms with Gasteiger partial charge in [-0.05, 0) is 48.2 Å². The molecule has 1 aliphatic rings. The van der Waals surface area contributed by atoms with Crippen LogP contribution < -0.4 is 9.62 Å². The van der Waals surface area contributed by atoms with E-state index in [1.807, 2.05) is 29.2 Å². The van der Waals surface area contributed by atoms with Crippen molar-refractivity contribution in [3.05, 3.63) is 59.7 Å². The molecule has 0 radical (unpaired) electrons. The predicted octanol–water partition coefficient (Wildman–Crippen LogP) is 3.57. The van der Waals surface area contributed by atoms with E-state index in [1.54, 1.807) is 0 Å². The minimum absolute atomic E-state index is 0.0157. The zero-order chi connectivity index (χ0) is 18.9. The van der Waals surface area contributed by atoms with Gasteiger partial charge >= 0.3 is 6.18 Å². The number of halogens is 3. The van der Waals surface area contributed by atoms with Gasteiger partial charge in [-0.2, -0.15) is 13.2 Å². The van der Waals surface area contributed by atoms with Gasteiger partial charge in [0, 0.05) is 24.5 Å². The molecule has 0 aliphatic carbocycles. The number of alkyl halides is 3. The van der Waals surface area contributed by atoms with Gasteiger partial charge in [0.15, 0.2) is 0 Å². The number of hydrogen-bond acceptors (Lipinski definition) is 3. The summed E-state index contributed by atoms with van der Waals surface area (Å²) in [6.45, 7) is 0.801. The second-order valence-corrected chi connectivity index (χ2v) is 8.31. The number of rotatable bonds is 4. The van der Waals surface area contributed by atoms with E-state index in [0.29, 0.717) is 18.7 Å². The number of nitrogens with zero attached hydrogens (tertiary/aromatic N) is 1. The fraction of sp³-hybridized carbons (Fsp3) is 0.333. The van der Waals surface area contributed by atoms with Gasteiger partial charge in [0.1, 0.15) is 0 Å². The Morgan fingerprint density at radius 3 is 2.38 bits per heavy atom. The summed E-state index contributed by atoms with van der Waals surface area (Å²) >= 11 is 0. The van der Waals surface area contributed by atoms with Crippen LogP contribution in [0.5, 0.6) is 0 Å². The quantitative estimate of drug-likeness (QED) is 0.877. The SMILES string of the molecule is CS(=O)(=O)NCC1Cc2ccccc2N(c2ccc(C(F)(F)F)cc2)C1. The Kier molecular flexibility index (Phi) is 4.98. The molecule has 1 atom stereocenters. The Hall–Kier alpha value is -2.06. The van der Waals surface area contributed by atoms with Gasteiger partial charge < -0.3 is 4.90 Å². The zero-order valence-electron chi connectivity index (χ0n) is 14.1. The number of sulfonamides is 1. The molecular formula is C18H19F3N2O2S. The molecule has 1 unspecified atom stereocenters. The van der Waals surface area contributed by atoms with E-state index in [2.05, 4.69) is 4.72 Å². The average Bonchev–Trinajstić information content (AvgIpc) is 2.58. The zero-order valence-corrected chi connectivity index (χ0v) is 14.9. The number of anilines is 2. The molecule has 1 heterocycles. The number of nitrogens with one attached hydrogen (secondary N) is 1. The van der Waals surface area contributed by atoms with Crippen molar-refractivity contribution >= 4 is 21.4 Å². The first-order valence-electron chi connectivity index (χ1n) is 8.11. The first kappa shape index (κ1) is 18.7. The van der Waals surface area contributed by atoms with E-state index in [1.165, 1.54) is 12.1 Å². The molecule has 0 spiro atoms. The van der Waals surface area contributed by atoms with Crippen LogP contribution in [0.25, 0.3) is 0 Å². The van der Waals surface area contributed by atoms with Crippen molar-refractivity contribution in [3.8, 4) is 0 Å². The van der Waals surface area contributed by atoms with Crippen LogP contribution in [0, 0.1) is 5.92 Å². The van der Waals surface area contributed by atoms with Crippen LogP contribution in [0.3, 0.4) is 0 Å². The first-order chi connectivity index (χ1) is 12.1. The van der Waals surface area contributed by atoms with E-state index in [0.717, 1.165) is 29.6 Å². The van der Waals surface area contributed by atoms with Gasteiger partial charge in [-0.1, -0.05) is 18.2 Å². The lowest BCUT2D eigenvalue weighted by molar-refractivity contribution is -0.137. The Morgan fingerprint density at radius 1 is 1.12 bits per heavy atom. The van der Waals surface area contributed by atoms with Gasteiger partial charge in [0.25, 0.3) is 0 Å². The van der Waals surface area contributed by atoms with Crippen molar-refractivity contribution < 1.29 is 21.6 Å². The van der Waals surface area contributed by atoms with Crippen molar-refractivity contribution in [2.45, 2.75) is 12.6 Å². The van der Waals surface area contributed by atoms with E-state index < -0.39 is 21.8 Å². The summed E-state index contributed by atoms with van der Waals surface area (Å²) < 4.78 is 63.7. The van der Waals surface area contributed by atoms with E-state index in [4.69, 9.17) is 0 Å². The fourth-order valence-electron chi connectivity index (χ4n) is 3.16.